The molecule has 0 bridgehead atoms. The summed E-state index contributed by atoms with van der Waals surface area (Å²) < 4.78 is 23.5. The Bertz CT molecular complexity index is 765. The molecule has 12 heteroatoms. The highest BCUT2D eigenvalue weighted by Gasteiger charge is 2.60. The maximum absolute atomic E-state index is 11.4. The van der Waals surface area contributed by atoms with Crippen molar-refractivity contribution in [1.29, 1.82) is 0 Å². The van der Waals surface area contributed by atoms with Gasteiger partial charge in [-0.05, 0) is 46.5 Å². The van der Waals surface area contributed by atoms with Crippen LogP contribution in [0, 0.1) is 0 Å². The predicted octanol–water partition coefficient (Wildman–Crippen LogP) is 1.90. The van der Waals surface area contributed by atoms with Crippen molar-refractivity contribution < 1.29 is 33.8 Å². The molecule has 0 aliphatic heterocycles. The number of aryl methyl sites for hydroxylation is 1. The lowest BCUT2D eigenvalue weighted by atomic mass is 10.1. The van der Waals surface area contributed by atoms with E-state index in [1.54, 1.807) is 0 Å². The third kappa shape index (κ3) is 7.08. The van der Waals surface area contributed by atoms with Gasteiger partial charge < -0.3 is 24.7 Å². The molecule has 0 amide bonds. The molecule has 5 N–H and O–H groups in total. The van der Waals surface area contributed by atoms with Gasteiger partial charge >= 0.3 is 15.2 Å². The summed E-state index contributed by atoms with van der Waals surface area (Å²) in [5, 5.41) is 13.7. The van der Waals surface area contributed by atoms with Crippen LogP contribution in [0.25, 0.3) is 0 Å². The van der Waals surface area contributed by atoms with Crippen molar-refractivity contribution in [1.82, 2.24) is 15.0 Å². The van der Waals surface area contributed by atoms with Crippen molar-refractivity contribution in [3.8, 4) is 0 Å². The van der Waals surface area contributed by atoms with E-state index in [1.807, 2.05) is 20.8 Å². The minimum atomic E-state index is -5.53. The van der Waals surface area contributed by atoms with Gasteiger partial charge in [0.2, 0.25) is 0 Å². The minimum absolute atomic E-state index is 0.474. The summed E-state index contributed by atoms with van der Waals surface area (Å²) >= 11 is 0. The van der Waals surface area contributed by atoms with Gasteiger partial charge in [0.25, 0.3) is 5.08 Å². The highest BCUT2D eigenvalue weighted by molar-refractivity contribution is 7.72. The maximum Gasteiger partial charge on any atom is 0.371 e. The molecule has 0 unspecified atom stereocenters. The second-order valence-electron chi connectivity index (χ2n) is 6.68. The molecule has 1 heterocycles. The Balaban J connectivity index is 2.72. The average molecular weight is 423 g/mol. The van der Waals surface area contributed by atoms with Crippen LogP contribution in [-0.4, -0.2) is 44.8 Å². The zero-order chi connectivity index (χ0) is 20.9. The highest BCUT2D eigenvalue weighted by Crippen LogP contribution is 2.67. The van der Waals surface area contributed by atoms with Crippen LogP contribution in [0.4, 0.5) is 0 Å². The van der Waals surface area contributed by atoms with Gasteiger partial charge in [-0.25, -0.2) is 4.68 Å². The molecular weight excluding hydrogens is 396 g/mol. The van der Waals surface area contributed by atoms with Gasteiger partial charge in [0.1, 0.15) is 0 Å². The minimum Gasteiger partial charge on any atom is -0.366 e. The van der Waals surface area contributed by atoms with E-state index in [9.17, 15) is 14.2 Å². The lowest BCUT2D eigenvalue weighted by Gasteiger charge is -2.28. The lowest BCUT2D eigenvalue weighted by molar-refractivity contribution is 0.111. The van der Waals surface area contributed by atoms with Crippen LogP contribution in [-0.2, 0) is 22.1 Å². The van der Waals surface area contributed by atoms with Crippen LogP contribution >= 0.6 is 15.2 Å². The number of hydrogen-bond acceptors (Lipinski definition) is 5. The molecule has 0 saturated carbocycles. The molecule has 0 aromatic carbocycles. The lowest BCUT2D eigenvalue weighted by Crippen LogP contribution is -2.34. The monoisotopic (exact) mass is 423 g/mol. The van der Waals surface area contributed by atoms with Gasteiger partial charge in [0.05, 0.1) is 12.2 Å². The van der Waals surface area contributed by atoms with E-state index in [2.05, 4.69) is 22.5 Å². The van der Waals surface area contributed by atoms with E-state index >= 15 is 0 Å². The first-order valence-electron chi connectivity index (χ1n) is 8.28. The maximum atomic E-state index is 11.4. The first-order valence-corrected chi connectivity index (χ1v) is 11.5. The average Bonchev–Trinajstić information content (AvgIpc) is 2.91. The molecule has 1 aromatic heterocycles. The molecule has 0 saturated heterocycles. The van der Waals surface area contributed by atoms with Crippen molar-refractivity contribution >= 4 is 15.2 Å². The van der Waals surface area contributed by atoms with Gasteiger partial charge in [0.15, 0.2) is 0 Å². The van der Waals surface area contributed by atoms with E-state index in [4.69, 9.17) is 19.6 Å². The second-order valence-corrected chi connectivity index (χ2v) is 10.7. The van der Waals surface area contributed by atoms with Crippen LogP contribution < -0.4 is 0 Å². The topological polar surface area (TPSA) is 166 Å². The smallest absolute Gasteiger partial charge is 0.366 e. The van der Waals surface area contributed by atoms with Gasteiger partial charge in [0, 0.05) is 6.20 Å². The van der Waals surface area contributed by atoms with Crippen molar-refractivity contribution in [3.05, 3.63) is 35.2 Å². The van der Waals surface area contributed by atoms with Crippen molar-refractivity contribution in [3.63, 3.8) is 0 Å². The highest BCUT2D eigenvalue weighted by atomic mass is 31.2. The largest absolute Gasteiger partial charge is 0.371 e. The molecule has 0 aliphatic rings. The molecule has 0 radical (unpaired) electrons. The number of aromatic nitrogens is 3. The van der Waals surface area contributed by atoms with Gasteiger partial charge in [-0.2, -0.15) is 0 Å². The molecule has 0 fully saturated rings. The molecule has 10 nitrogen and oxygen atoms in total. The Hall–Kier alpha value is -1.12. The zero-order valence-corrected chi connectivity index (χ0v) is 17.3. The summed E-state index contributed by atoms with van der Waals surface area (Å²) in [6.07, 6.45) is 8.57. The number of rotatable bonds is 10. The third-order valence-electron chi connectivity index (χ3n) is 3.88. The first-order chi connectivity index (χ1) is 12.3. The first kappa shape index (κ1) is 23.9. The van der Waals surface area contributed by atoms with Crippen molar-refractivity contribution in [2.24, 2.45) is 0 Å². The summed E-state index contributed by atoms with van der Waals surface area (Å²) in [4.78, 5) is 36.6. The van der Waals surface area contributed by atoms with Crippen LogP contribution in [0.1, 0.15) is 45.7 Å². The Labute approximate surface area is 157 Å². The number of aliphatic hydroxyl groups is 1. The van der Waals surface area contributed by atoms with Crippen LogP contribution in [0.15, 0.2) is 29.5 Å². The van der Waals surface area contributed by atoms with Crippen molar-refractivity contribution in [2.45, 2.75) is 58.1 Å². The molecule has 27 heavy (non-hydrogen) atoms. The van der Waals surface area contributed by atoms with E-state index in [-0.39, 0.29) is 0 Å². The number of hydrogen-bond donors (Lipinski definition) is 5. The fourth-order valence-corrected chi connectivity index (χ4v) is 4.27. The Morgan fingerprint density at radius 2 is 1.70 bits per heavy atom. The molecule has 0 spiro atoms. The molecule has 0 atom stereocenters. The van der Waals surface area contributed by atoms with E-state index in [0.717, 1.165) is 17.5 Å². The molecule has 0 aliphatic carbocycles. The van der Waals surface area contributed by atoms with Gasteiger partial charge in [-0.15, -0.1) is 5.10 Å². The standard InChI is InChI=1S/C15H27N3O7P2/c1-12(2)6-4-7-13(3)8-5-9-14-10-18(17-16-14)11-15(19,26(20,21)22)27(23,24)25/h6,8,10,19H,4-5,7,9,11H2,1-3H3,(H2,20,21,22)(H2,23,24,25)/b13-8+. The van der Waals surface area contributed by atoms with Crippen LogP contribution in [0.3, 0.4) is 0 Å². The van der Waals surface area contributed by atoms with Crippen LogP contribution in [0.5, 0.6) is 0 Å². The van der Waals surface area contributed by atoms with Crippen LogP contribution in [0.2, 0.25) is 0 Å². The van der Waals surface area contributed by atoms with Gasteiger partial charge in [-0.1, -0.05) is 28.5 Å². The van der Waals surface area contributed by atoms with E-state index < -0.39 is 26.8 Å². The van der Waals surface area contributed by atoms with E-state index in [1.165, 1.54) is 17.3 Å². The summed E-state index contributed by atoms with van der Waals surface area (Å²) in [5.74, 6) is 0. The quantitative estimate of drug-likeness (QED) is 0.279. The third-order valence-corrected chi connectivity index (χ3v) is 7.59. The Morgan fingerprint density at radius 3 is 2.22 bits per heavy atom. The van der Waals surface area contributed by atoms with Gasteiger partial charge in [-0.3, -0.25) is 9.13 Å². The SMILES string of the molecule is CC(C)=CCC/C(C)=C/CCc1cn(CC(O)(P(=O)(O)O)P(=O)(O)O)nn1. The fraction of sp³-hybridized carbons (Fsp3) is 0.600. The number of nitrogens with zero attached hydrogens (tertiary/aromatic N) is 3. The summed E-state index contributed by atoms with van der Waals surface area (Å²) in [5.41, 5.74) is 2.96. The van der Waals surface area contributed by atoms with Crippen molar-refractivity contribution in [2.75, 3.05) is 0 Å². The Kier molecular flexibility index (Phi) is 8.31. The Morgan fingerprint density at radius 1 is 1.11 bits per heavy atom. The predicted molar refractivity (Wildman–Crippen MR) is 99.8 cm³/mol. The summed E-state index contributed by atoms with van der Waals surface area (Å²) in [7, 11) is -11.1. The molecular formula is C15H27N3O7P2. The second kappa shape index (κ2) is 9.39. The summed E-state index contributed by atoms with van der Waals surface area (Å²) in [6, 6.07) is 0. The van der Waals surface area contributed by atoms with E-state index in [0.29, 0.717) is 18.5 Å². The fourth-order valence-electron chi connectivity index (χ4n) is 2.26. The normalized spacial score (nSPS) is 13.7. The molecule has 1 aromatic rings. The zero-order valence-electron chi connectivity index (χ0n) is 15.6. The number of allylic oxidation sites excluding steroid dienone is 4. The molecule has 1 rings (SSSR count). The summed E-state index contributed by atoms with van der Waals surface area (Å²) in [6.45, 7) is 5.03. The molecule has 154 valence electrons.